The standard InChI is InChI=1S/C13H17N3O3S/c14-1-2-17-5-6-20-13-15-9-7-11-12(8-10(9)16-13)19-4-3-18-11/h7-8H,1-6,14H2,(H,15,16). The molecule has 0 radical (unpaired) electrons. The van der Waals surface area contributed by atoms with Gasteiger partial charge in [0.1, 0.15) is 13.2 Å². The number of H-pyrrole nitrogens is 1. The molecule has 0 spiro atoms. The first-order chi connectivity index (χ1) is 9.86. The van der Waals surface area contributed by atoms with Crippen LogP contribution in [-0.4, -0.2) is 48.7 Å². The van der Waals surface area contributed by atoms with Gasteiger partial charge in [-0.2, -0.15) is 0 Å². The van der Waals surface area contributed by atoms with Crippen molar-refractivity contribution in [1.29, 1.82) is 0 Å². The predicted octanol–water partition coefficient (Wildman–Crippen LogP) is 1.40. The highest BCUT2D eigenvalue weighted by molar-refractivity contribution is 7.99. The Hall–Kier alpha value is -1.44. The summed E-state index contributed by atoms with van der Waals surface area (Å²) in [5.41, 5.74) is 7.21. The van der Waals surface area contributed by atoms with Gasteiger partial charge >= 0.3 is 0 Å². The molecule has 7 heteroatoms. The van der Waals surface area contributed by atoms with Crippen molar-refractivity contribution in [3.05, 3.63) is 12.1 Å². The summed E-state index contributed by atoms with van der Waals surface area (Å²) in [5, 5.41) is 0.874. The number of nitrogens with zero attached hydrogens (tertiary/aromatic N) is 1. The number of fused-ring (bicyclic) bond motifs is 2. The summed E-state index contributed by atoms with van der Waals surface area (Å²) in [6.45, 7) is 3.00. The number of benzene rings is 1. The van der Waals surface area contributed by atoms with Crippen molar-refractivity contribution in [3.63, 3.8) is 0 Å². The smallest absolute Gasteiger partial charge is 0.166 e. The maximum Gasteiger partial charge on any atom is 0.166 e. The van der Waals surface area contributed by atoms with Crippen molar-refractivity contribution in [2.24, 2.45) is 5.73 Å². The van der Waals surface area contributed by atoms with Crippen LogP contribution in [0.15, 0.2) is 17.3 Å². The summed E-state index contributed by atoms with van der Waals surface area (Å²) >= 11 is 1.63. The molecule has 1 aromatic heterocycles. The summed E-state index contributed by atoms with van der Waals surface area (Å²) in [6, 6.07) is 3.85. The number of nitrogens with two attached hydrogens (primary N) is 1. The van der Waals surface area contributed by atoms with Gasteiger partial charge in [-0.1, -0.05) is 11.8 Å². The predicted molar refractivity (Wildman–Crippen MR) is 77.7 cm³/mol. The molecule has 0 saturated heterocycles. The van der Waals surface area contributed by atoms with Crippen molar-refractivity contribution in [2.45, 2.75) is 5.16 Å². The SMILES string of the molecule is NCCOCCSc1nc2cc3c(cc2[nH]1)OCCO3. The van der Waals surface area contributed by atoms with Crippen LogP contribution in [0.1, 0.15) is 0 Å². The normalized spacial score (nSPS) is 13.8. The Bertz CT molecular complexity index is 544. The Balaban J connectivity index is 1.67. The van der Waals surface area contributed by atoms with Crippen molar-refractivity contribution in [3.8, 4) is 11.5 Å². The summed E-state index contributed by atoms with van der Waals surface area (Å²) < 4.78 is 16.4. The average Bonchev–Trinajstić information content (AvgIpc) is 2.86. The lowest BCUT2D eigenvalue weighted by Gasteiger charge is -2.17. The second kappa shape index (κ2) is 6.34. The van der Waals surface area contributed by atoms with Gasteiger partial charge in [-0.3, -0.25) is 0 Å². The van der Waals surface area contributed by atoms with E-state index in [1.807, 2.05) is 12.1 Å². The minimum absolute atomic E-state index is 0.556. The maximum absolute atomic E-state index is 5.55. The van der Waals surface area contributed by atoms with E-state index in [1.54, 1.807) is 11.8 Å². The lowest BCUT2D eigenvalue weighted by atomic mass is 10.2. The zero-order chi connectivity index (χ0) is 13.8. The molecule has 6 nitrogen and oxygen atoms in total. The van der Waals surface area contributed by atoms with E-state index in [2.05, 4.69) is 9.97 Å². The lowest BCUT2D eigenvalue weighted by molar-refractivity contribution is 0.158. The van der Waals surface area contributed by atoms with E-state index in [9.17, 15) is 0 Å². The number of imidazole rings is 1. The quantitative estimate of drug-likeness (QED) is 0.619. The Kier molecular flexibility index (Phi) is 4.29. The fourth-order valence-corrected chi connectivity index (χ4v) is 2.71. The number of aromatic nitrogens is 2. The molecule has 2 heterocycles. The van der Waals surface area contributed by atoms with Crippen LogP contribution in [0.4, 0.5) is 0 Å². The molecule has 0 bridgehead atoms. The van der Waals surface area contributed by atoms with Crippen LogP contribution in [0.2, 0.25) is 0 Å². The first kappa shape index (κ1) is 13.5. The Morgan fingerprint density at radius 1 is 1.25 bits per heavy atom. The van der Waals surface area contributed by atoms with Gasteiger partial charge in [0.15, 0.2) is 16.7 Å². The van der Waals surface area contributed by atoms with Gasteiger partial charge < -0.3 is 24.9 Å². The second-order valence-electron chi connectivity index (χ2n) is 4.30. The minimum Gasteiger partial charge on any atom is -0.486 e. The minimum atomic E-state index is 0.556. The van der Waals surface area contributed by atoms with Crippen molar-refractivity contribution < 1.29 is 14.2 Å². The molecule has 0 amide bonds. The molecule has 1 aliphatic heterocycles. The summed E-state index contributed by atoms with van der Waals surface area (Å²) in [5.74, 6) is 2.38. The molecule has 0 fully saturated rings. The zero-order valence-corrected chi connectivity index (χ0v) is 11.9. The van der Waals surface area contributed by atoms with Crippen molar-refractivity contribution >= 4 is 22.8 Å². The van der Waals surface area contributed by atoms with Gasteiger partial charge in [0.05, 0.1) is 24.2 Å². The first-order valence-corrected chi connectivity index (χ1v) is 7.55. The van der Waals surface area contributed by atoms with Crippen LogP contribution in [0, 0.1) is 0 Å². The van der Waals surface area contributed by atoms with E-state index in [-0.39, 0.29) is 0 Å². The van der Waals surface area contributed by atoms with E-state index in [0.29, 0.717) is 33.0 Å². The monoisotopic (exact) mass is 295 g/mol. The highest BCUT2D eigenvalue weighted by Crippen LogP contribution is 2.34. The lowest BCUT2D eigenvalue weighted by Crippen LogP contribution is -2.15. The Morgan fingerprint density at radius 2 is 2.05 bits per heavy atom. The highest BCUT2D eigenvalue weighted by Gasteiger charge is 2.14. The third kappa shape index (κ3) is 3.00. The van der Waals surface area contributed by atoms with Crippen LogP contribution in [0.5, 0.6) is 11.5 Å². The van der Waals surface area contributed by atoms with Gasteiger partial charge in [-0.05, 0) is 0 Å². The number of hydrogen-bond donors (Lipinski definition) is 2. The molecular weight excluding hydrogens is 278 g/mol. The molecule has 1 aromatic carbocycles. The topological polar surface area (TPSA) is 82.4 Å². The Morgan fingerprint density at radius 3 is 2.85 bits per heavy atom. The molecule has 20 heavy (non-hydrogen) atoms. The molecule has 0 atom stereocenters. The fraction of sp³-hybridized carbons (Fsp3) is 0.462. The van der Waals surface area contributed by atoms with E-state index in [0.717, 1.165) is 33.4 Å². The average molecular weight is 295 g/mol. The van der Waals surface area contributed by atoms with E-state index < -0.39 is 0 Å². The molecule has 0 unspecified atom stereocenters. The zero-order valence-electron chi connectivity index (χ0n) is 11.1. The van der Waals surface area contributed by atoms with Gasteiger partial charge in [0.2, 0.25) is 0 Å². The first-order valence-electron chi connectivity index (χ1n) is 6.57. The van der Waals surface area contributed by atoms with Crippen molar-refractivity contribution in [1.82, 2.24) is 9.97 Å². The molecular formula is C13H17N3O3S. The number of thioether (sulfide) groups is 1. The van der Waals surface area contributed by atoms with Crippen LogP contribution in [0.25, 0.3) is 11.0 Å². The molecule has 0 saturated carbocycles. The van der Waals surface area contributed by atoms with E-state index in [4.69, 9.17) is 19.9 Å². The number of hydrogen-bond acceptors (Lipinski definition) is 6. The summed E-state index contributed by atoms with van der Waals surface area (Å²) in [4.78, 5) is 7.80. The van der Waals surface area contributed by atoms with Gasteiger partial charge in [0.25, 0.3) is 0 Å². The van der Waals surface area contributed by atoms with Gasteiger partial charge in [-0.25, -0.2) is 4.98 Å². The third-order valence-corrected chi connectivity index (χ3v) is 3.69. The molecule has 3 rings (SSSR count). The third-order valence-electron chi connectivity index (χ3n) is 2.85. The molecule has 3 N–H and O–H groups in total. The second-order valence-corrected chi connectivity index (χ2v) is 5.39. The molecule has 0 aliphatic carbocycles. The molecule has 108 valence electrons. The van der Waals surface area contributed by atoms with E-state index in [1.165, 1.54) is 0 Å². The van der Waals surface area contributed by atoms with Crippen LogP contribution < -0.4 is 15.2 Å². The fourth-order valence-electron chi connectivity index (χ4n) is 1.97. The molecule has 2 aromatic rings. The Labute approximate surface area is 121 Å². The van der Waals surface area contributed by atoms with Crippen molar-refractivity contribution in [2.75, 3.05) is 38.7 Å². The largest absolute Gasteiger partial charge is 0.486 e. The number of rotatable bonds is 6. The maximum atomic E-state index is 5.55. The van der Waals surface area contributed by atoms with Gasteiger partial charge in [-0.15, -0.1) is 0 Å². The summed E-state index contributed by atoms with van der Waals surface area (Å²) in [6.07, 6.45) is 0. The molecule has 1 aliphatic rings. The number of ether oxygens (including phenoxy) is 3. The number of aromatic amines is 1. The van der Waals surface area contributed by atoms with Crippen LogP contribution in [-0.2, 0) is 4.74 Å². The van der Waals surface area contributed by atoms with Crippen LogP contribution >= 0.6 is 11.8 Å². The number of nitrogens with one attached hydrogen (secondary N) is 1. The highest BCUT2D eigenvalue weighted by atomic mass is 32.2. The van der Waals surface area contributed by atoms with Gasteiger partial charge in [0, 0.05) is 24.4 Å². The van der Waals surface area contributed by atoms with Crippen LogP contribution in [0.3, 0.4) is 0 Å². The van der Waals surface area contributed by atoms with E-state index >= 15 is 0 Å². The summed E-state index contributed by atoms with van der Waals surface area (Å²) in [7, 11) is 0.